The fraction of sp³-hybridized carbons (Fsp3) is 0.333. The van der Waals surface area contributed by atoms with Crippen LogP contribution in [0.5, 0.6) is 0 Å². The Balaban J connectivity index is 2.26. The fourth-order valence-electron chi connectivity index (χ4n) is 2.65. The Kier molecular flexibility index (Phi) is 5.34. The summed E-state index contributed by atoms with van der Waals surface area (Å²) >= 11 is 0. The molecule has 5 nitrogen and oxygen atoms in total. The molecule has 1 aromatic rings. The number of carbonyl (C=O) groups excluding carboxylic acids is 2. The van der Waals surface area contributed by atoms with Crippen molar-refractivity contribution in [3.8, 4) is 0 Å². The number of ether oxygens (including phenoxy) is 2. The number of benzene rings is 1. The Morgan fingerprint density at radius 2 is 2.17 bits per heavy atom. The number of hydrogen-bond donors (Lipinski definition) is 1. The first-order chi connectivity index (χ1) is 10.9. The highest BCUT2D eigenvalue weighted by Crippen LogP contribution is 2.36. The maximum atomic E-state index is 11.3. The fourth-order valence-corrected chi connectivity index (χ4v) is 2.65. The van der Waals surface area contributed by atoms with Gasteiger partial charge >= 0.3 is 5.97 Å². The molecule has 2 rings (SSSR count). The van der Waals surface area contributed by atoms with Crippen LogP contribution in [-0.4, -0.2) is 24.1 Å². The van der Waals surface area contributed by atoms with Crippen molar-refractivity contribution < 1.29 is 19.1 Å². The zero-order chi connectivity index (χ0) is 17.0. The van der Waals surface area contributed by atoms with Gasteiger partial charge in [-0.3, -0.25) is 9.59 Å². The Labute approximate surface area is 135 Å². The Morgan fingerprint density at radius 1 is 1.43 bits per heavy atom. The standard InChI is InChI=1S/C18H21NO4/c1-4-6-15-17(22-12(3)20)11(2)9-16(23-15)13-7-5-8-14(10-13)18(19)21/h4-8,10,15-17H,2,9H2,1,3H3,(H2,19,21)/b6-4+/t15-,16-,17+/m1/s1. The van der Waals surface area contributed by atoms with Gasteiger partial charge in [0.2, 0.25) is 5.91 Å². The van der Waals surface area contributed by atoms with Gasteiger partial charge in [-0.2, -0.15) is 0 Å². The van der Waals surface area contributed by atoms with Crippen molar-refractivity contribution in [2.45, 2.75) is 38.6 Å². The summed E-state index contributed by atoms with van der Waals surface area (Å²) in [6.07, 6.45) is 3.01. The van der Waals surface area contributed by atoms with E-state index in [0.29, 0.717) is 12.0 Å². The molecule has 1 amide bonds. The molecule has 5 heteroatoms. The van der Waals surface area contributed by atoms with E-state index in [4.69, 9.17) is 15.2 Å². The summed E-state index contributed by atoms with van der Waals surface area (Å²) in [6.45, 7) is 7.26. The van der Waals surface area contributed by atoms with Gasteiger partial charge in [-0.05, 0) is 30.2 Å². The molecule has 0 bridgehead atoms. The number of allylic oxidation sites excluding steroid dienone is 1. The smallest absolute Gasteiger partial charge is 0.303 e. The van der Waals surface area contributed by atoms with E-state index in [2.05, 4.69) is 6.58 Å². The zero-order valence-electron chi connectivity index (χ0n) is 13.3. The lowest BCUT2D eigenvalue weighted by Crippen LogP contribution is -2.39. The first-order valence-electron chi connectivity index (χ1n) is 7.45. The van der Waals surface area contributed by atoms with Gasteiger partial charge in [0.05, 0.1) is 6.10 Å². The van der Waals surface area contributed by atoms with Gasteiger partial charge in [0, 0.05) is 18.9 Å². The van der Waals surface area contributed by atoms with Crippen LogP contribution in [0.4, 0.5) is 0 Å². The predicted octanol–water partition coefficient (Wildman–Crippen LogP) is 2.68. The molecule has 1 aliphatic heterocycles. The second-order valence-electron chi connectivity index (χ2n) is 5.50. The SMILES string of the molecule is C=C1C[C@H](c2cccc(C(N)=O)c2)O[C@H](/C=C/C)[C@H]1OC(C)=O. The average molecular weight is 315 g/mol. The summed E-state index contributed by atoms with van der Waals surface area (Å²) in [6, 6.07) is 7.03. The lowest BCUT2D eigenvalue weighted by Gasteiger charge is -2.36. The molecule has 0 spiro atoms. The third kappa shape index (κ3) is 4.07. The number of amides is 1. The number of nitrogens with two attached hydrogens (primary N) is 1. The Bertz CT molecular complexity index is 650. The van der Waals surface area contributed by atoms with E-state index in [-0.39, 0.29) is 12.1 Å². The van der Waals surface area contributed by atoms with Crippen molar-refractivity contribution in [3.63, 3.8) is 0 Å². The van der Waals surface area contributed by atoms with Gasteiger partial charge in [-0.15, -0.1) is 0 Å². The minimum absolute atomic E-state index is 0.269. The van der Waals surface area contributed by atoms with Gasteiger partial charge in [0.1, 0.15) is 6.10 Å². The molecule has 3 atom stereocenters. The molecule has 23 heavy (non-hydrogen) atoms. The maximum Gasteiger partial charge on any atom is 0.303 e. The largest absolute Gasteiger partial charge is 0.455 e. The second kappa shape index (κ2) is 7.24. The molecular formula is C18H21NO4. The van der Waals surface area contributed by atoms with Crippen LogP contribution in [0.15, 0.2) is 48.6 Å². The zero-order valence-corrected chi connectivity index (χ0v) is 13.3. The summed E-state index contributed by atoms with van der Waals surface area (Å²) in [5.74, 6) is -0.854. The molecule has 0 aliphatic carbocycles. The minimum Gasteiger partial charge on any atom is -0.455 e. The van der Waals surface area contributed by atoms with Crippen molar-refractivity contribution in [1.82, 2.24) is 0 Å². The van der Waals surface area contributed by atoms with Gasteiger partial charge in [-0.1, -0.05) is 30.9 Å². The number of hydrogen-bond acceptors (Lipinski definition) is 4. The molecule has 122 valence electrons. The predicted molar refractivity (Wildman–Crippen MR) is 86.7 cm³/mol. The summed E-state index contributed by atoms with van der Waals surface area (Å²) in [5.41, 5.74) is 7.38. The number of esters is 1. The van der Waals surface area contributed by atoms with Crippen molar-refractivity contribution in [2.75, 3.05) is 0 Å². The van der Waals surface area contributed by atoms with E-state index in [9.17, 15) is 9.59 Å². The summed E-state index contributed by atoms with van der Waals surface area (Å²) < 4.78 is 11.4. The molecule has 1 fully saturated rings. The van der Waals surface area contributed by atoms with Gasteiger partial charge in [0.15, 0.2) is 6.10 Å². The average Bonchev–Trinajstić information content (AvgIpc) is 2.50. The van der Waals surface area contributed by atoms with Crippen LogP contribution in [0.25, 0.3) is 0 Å². The third-order valence-electron chi connectivity index (χ3n) is 3.69. The molecule has 1 saturated heterocycles. The van der Waals surface area contributed by atoms with Crippen molar-refractivity contribution in [2.24, 2.45) is 5.73 Å². The van der Waals surface area contributed by atoms with E-state index < -0.39 is 18.1 Å². The summed E-state index contributed by atoms with van der Waals surface area (Å²) in [5, 5.41) is 0. The highest BCUT2D eigenvalue weighted by atomic mass is 16.6. The van der Waals surface area contributed by atoms with E-state index >= 15 is 0 Å². The van der Waals surface area contributed by atoms with Gasteiger partial charge < -0.3 is 15.2 Å². The highest BCUT2D eigenvalue weighted by Gasteiger charge is 2.35. The van der Waals surface area contributed by atoms with Crippen LogP contribution in [0.2, 0.25) is 0 Å². The number of carbonyl (C=O) groups is 2. The van der Waals surface area contributed by atoms with Gasteiger partial charge in [-0.25, -0.2) is 0 Å². The molecule has 0 unspecified atom stereocenters. The van der Waals surface area contributed by atoms with Crippen molar-refractivity contribution in [3.05, 3.63) is 59.7 Å². The molecule has 0 radical (unpaired) electrons. The maximum absolute atomic E-state index is 11.3. The third-order valence-corrected chi connectivity index (χ3v) is 3.69. The monoisotopic (exact) mass is 315 g/mol. The Morgan fingerprint density at radius 3 is 2.78 bits per heavy atom. The topological polar surface area (TPSA) is 78.6 Å². The normalized spacial score (nSPS) is 24.6. The van der Waals surface area contributed by atoms with Crippen LogP contribution in [0.3, 0.4) is 0 Å². The number of primary amides is 1. The van der Waals surface area contributed by atoms with Crippen molar-refractivity contribution in [1.29, 1.82) is 0 Å². The first-order valence-corrected chi connectivity index (χ1v) is 7.45. The van der Waals surface area contributed by atoms with E-state index in [1.54, 1.807) is 18.2 Å². The van der Waals surface area contributed by atoms with Crippen LogP contribution in [0, 0.1) is 0 Å². The van der Waals surface area contributed by atoms with E-state index in [1.165, 1.54) is 6.92 Å². The van der Waals surface area contributed by atoms with E-state index in [0.717, 1.165) is 11.1 Å². The van der Waals surface area contributed by atoms with Crippen LogP contribution in [-0.2, 0) is 14.3 Å². The summed E-state index contributed by atoms with van der Waals surface area (Å²) in [4.78, 5) is 22.6. The molecule has 1 aromatic carbocycles. The van der Waals surface area contributed by atoms with E-state index in [1.807, 2.05) is 25.1 Å². The Hall–Kier alpha value is -2.40. The van der Waals surface area contributed by atoms with Crippen molar-refractivity contribution >= 4 is 11.9 Å². The quantitative estimate of drug-likeness (QED) is 0.684. The molecule has 0 saturated carbocycles. The van der Waals surface area contributed by atoms with Crippen LogP contribution >= 0.6 is 0 Å². The summed E-state index contributed by atoms with van der Waals surface area (Å²) in [7, 11) is 0. The lowest BCUT2D eigenvalue weighted by molar-refractivity contribution is -0.156. The van der Waals surface area contributed by atoms with Crippen LogP contribution < -0.4 is 5.73 Å². The molecule has 1 aliphatic rings. The molecule has 2 N–H and O–H groups in total. The first kappa shape index (κ1) is 17.0. The minimum atomic E-state index is -0.501. The number of rotatable bonds is 4. The molecule has 0 aromatic heterocycles. The highest BCUT2D eigenvalue weighted by molar-refractivity contribution is 5.92. The van der Waals surface area contributed by atoms with Crippen LogP contribution in [0.1, 0.15) is 42.3 Å². The molecule has 1 heterocycles. The second-order valence-corrected chi connectivity index (χ2v) is 5.50. The van der Waals surface area contributed by atoms with Gasteiger partial charge in [0.25, 0.3) is 0 Å². The molecular weight excluding hydrogens is 294 g/mol. The lowest BCUT2D eigenvalue weighted by atomic mass is 9.91.